The Kier molecular flexibility index (Phi) is 4.49. The summed E-state index contributed by atoms with van der Waals surface area (Å²) in [4.78, 5) is 14.5. The second kappa shape index (κ2) is 5.91. The van der Waals surface area contributed by atoms with Crippen molar-refractivity contribution >= 4 is 6.03 Å². The number of hydrogen-bond acceptors (Lipinski definition) is 2. The molecule has 0 saturated heterocycles. The molecule has 0 bridgehead atoms. The molecule has 18 heavy (non-hydrogen) atoms. The van der Waals surface area contributed by atoms with Crippen LogP contribution >= 0.6 is 0 Å². The molecule has 0 heterocycles. The van der Waals surface area contributed by atoms with Gasteiger partial charge in [-0.25, -0.2) is 4.79 Å². The minimum absolute atomic E-state index is 0.0656. The van der Waals surface area contributed by atoms with Crippen molar-refractivity contribution in [1.82, 2.24) is 10.2 Å². The predicted molar refractivity (Wildman–Crippen MR) is 73.4 cm³/mol. The zero-order valence-electron chi connectivity index (χ0n) is 11.6. The van der Waals surface area contributed by atoms with E-state index in [4.69, 9.17) is 5.73 Å². The van der Waals surface area contributed by atoms with E-state index in [0.29, 0.717) is 12.6 Å². The number of hydrogen-bond donors (Lipinski definition) is 2. The maximum absolute atomic E-state index is 12.4. The summed E-state index contributed by atoms with van der Waals surface area (Å²) in [6.07, 6.45) is 9.08. The molecule has 2 fully saturated rings. The van der Waals surface area contributed by atoms with Gasteiger partial charge in [0.1, 0.15) is 0 Å². The van der Waals surface area contributed by atoms with Crippen LogP contribution in [0, 0.1) is 0 Å². The van der Waals surface area contributed by atoms with Crippen molar-refractivity contribution in [3.8, 4) is 0 Å². The Morgan fingerprint density at radius 2 is 2.00 bits per heavy atom. The summed E-state index contributed by atoms with van der Waals surface area (Å²) in [6, 6.07) is 0.530. The van der Waals surface area contributed by atoms with Crippen LogP contribution in [-0.4, -0.2) is 35.6 Å². The first-order valence-electron chi connectivity index (χ1n) is 7.50. The van der Waals surface area contributed by atoms with Crippen LogP contribution in [0.25, 0.3) is 0 Å². The topological polar surface area (TPSA) is 58.4 Å². The molecular weight excluding hydrogens is 226 g/mol. The molecular formula is C14H27N3O. The van der Waals surface area contributed by atoms with Crippen LogP contribution in [0.1, 0.15) is 58.3 Å². The minimum atomic E-state index is -0.0656. The molecule has 4 heteroatoms. The molecule has 0 aliphatic heterocycles. The van der Waals surface area contributed by atoms with Crippen molar-refractivity contribution in [3.63, 3.8) is 0 Å². The first kappa shape index (κ1) is 13.7. The Morgan fingerprint density at radius 3 is 2.44 bits per heavy atom. The molecule has 0 spiro atoms. The molecule has 4 nitrogen and oxygen atoms in total. The first-order valence-corrected chi connectivity index (χ1v) is 7.50. The molecule has 2 rings (SSSR count). The van der Waals surface area contributed by atoms with Crippen LogP contribution in [0.15, 0.2) is 0 Å². The first-order chi connectivity index (χ1) is 8.72. The maximum atomic E-state index is 12.4. The van der Waals surface area contributed by atoms with Crippen molar-refractivity contribution in [1.29, 1.82) is 0 Å². The standard InChI is InChI=1S/C14H27N3O/c1-2-10-17(13(18)16-12-6-5-7-12)14(11-15)8-3-4-9-14/h12H,2-11,15H2,1H3,(H,16,18). The summed E-state index contributed by atoms with van der Waals surface area (Å²) in [7, 11) is 0. The fraction of sp³-hybridized carbons (Fsp3) is 0.929. The zero-order valence-corrected chi connectivity index (χ0v) is 11.6. The average molecular weight is 253 g/mol. The van der Waals surface area contributed by atoms with Gasteiger partial charge in [-0.2, -0.15) is 0 Å². The quantitative estimate of drug-likeness (QED) is 0.789. The number of urea groups is 1. The van der Waals surface area contributed by atoms with E-state index in [1.165, 1.54) is 19.3 Å². The summed E-state index contributed by atoms with van der Waals surface area (Å²) < 4.78 is 0. The molecule has 2 aliphatic rings. The zero-order chi connectivity index (χ0) is 13.0. The largest absolute Gasteiger partial charge is 0.335 e. The molecule has 0 aromatic rings. The highest BCUT2D eigenvalue weighted by Gasteiger charge is 2.41. The van der Waals surface area contributed by atoms with Crippen molar-refractivity contribution in [3.05, 3.63) is 0 Å². The highest BCUT2D eigenvalue weighted by molar-refractivity contribution is 5.75. The van der Waals surface area contributed by atoms with Crippen molar-refractivity contribution < 1.29 is 4.79 Å². The molecule has 2 saturated carbocycles. The summed E-state index contributed by atoms with van der Waals surface area (Å²) in [5.74, 6) is 0. The summed E-state index contributed by atoms with van der Waals surface area (Å²) >= 11 is 0. The SMILES string of the molecule is CCCN(C(=O)NC1CCC1)C1(CN)CCCC1. The molecule has 0 aromatic heterocycles. The van der Waals surface area contributed by atoms with Gasteiger partial charge in [0.25, 0.3) is 0 Å². The van der Waals surface area contributed by atoms with Crippen LogP contribution in [0.2, 0.25) is 0 Å². The third-order valence-corrected chi connectivity index (χ3v) is 4.61. The Balaban J connectivity index is 2.02. The molecule has 2 amide bonds. The number of rotatable bonds is 5. The molecule has 104 valence electrons. The van der Waals surface area contributed by atoms with Gasteiger partial charge in [0, 0.05) is 19.1 Å². The average Bonchev–Trinajstić information content (AvgIpc) is 2.80. The number of carbonyl (C=O) groups excluding carboxylic acids is 1. The fourth-order valence-corrected chi connectivity index (χ4v) is 3.20. The lowest BCUT2D eigenvalue weighted by atomic mass is 9.92. The number of nitrogens with zero attached hydrogens (tertiary/aromatic N) is 1. The van der Waals surface area contributed by atoms with Gasteiger partial charge in [0.05, 0.1) is 5.54 Å². The lowest BCUT2D eigenvalue weighted by molar-refractivity contribution is 0.113. The second-order valence-corrected chi connectivity index (χ2v) is 5.86. The summed E-state index contributed by atoms with van der Waals surface area (Å²) in [5, 5.41) is 3.17. The van der Waals surface area contributed by atoms with Crippen LogP contribution in [-0.2, 0) is 0 Å². The summed E-state index contributed by atoms with van der Waals surface area (Å²) in [6.45, 7) is 3.56. The monoisotopic (exact) mass is 253 g/mol. The number of nitrogens with one attached hydrogen (secondary N) is 1. The molecule has 0 unspecified atom stereocenters. The number of nitrogens with two attached hydrogens (primary N) is 1. The number of carbonyl (C=O) groups is 1. The number of amides is 2. The van der Waals surface area contributed by atoms with E-state index in [1.807, 2.05) is 4.90 Å². The Morgan fingerprint density at radius 1 is 1.33 bits per heavy atom. The van der Waals surface area contributed by atoms with Crippen LogP contribution in [0.3, 0.4) is 0 Å². The van der Waals surface area contributed by atoms with Crippen molar-refractivity contribution in [2.24, 2.45) is 5.73 Å². The Labute approximate surface area is 110 Å². The maximum Gasteiger partial charge on any atom is 0.318 e. The molecule has 2 aliphatic carbocycles. The van der Waals surface area contributed by atoms with Crippen LogP contribution < -0.4 is 11.1 Å². The van der Waals surface area contributed by atoms with Gasteiger partial charge < -0.3 is 16.0 Å². The summed E-state index contributed by atoms with van der Waals surface area (Å²) in [5.41, 5.74) is 5.93. The highest BCUT2D eigenvalue weighted by atomic mass is 16.2. The predicted octanol–water partition coefficient (Wildman–Crippen LogP) is 2.23. The lowest BCUT2D eigenvalue weighted by Crippen LogP contribution is -2.59. The van der Waals surface area contributed by atoms with Gasteiger partial charge in [0.15, 0.2) is 0 Å². The van der Waals surface area contributed by atoms with Gasteiger partial charge in [-0.1, -0.05) is 19.8 Å². The van der Waals surface area contributed by atoms with E-state index in [-0.39, 0.29) is 11.6 Å². The van der Waals surface area contributed by atoms with Crippen molar-refractivity contribution in [2.45, 2.75) is 69.9 Å². The van der Waals surface area contributed by atoms with Gasteiger partial charge >= 0.3 is 6.03 Å². The lowest BCUT2D eigenvalue weighted by Gasteiger charge is -2.42. The van der Waals surface area contributed by atoms with E-state index in [2.05, 4.69) is 12.2 Å². The smallest absolute Gasteiger partial charge is 0.318 e. The van der Waals surface area contributed by atoms with E-state index in [0.717, 1.165) is 38.6 Å². The van der Waals surface area contributed by atoms with E-state index >= 15 is 0 Å². The molecule has 3 N–H and O–H groups in total. The van der Waals surface area contributed by atoms with E-state index in [1.54, 1.807) is 0 Å². The van der Waals surface area contributed by atoms with E-state index < -0.39 is 0 Å². The van der Waals surface area contributed by atoms with Crippen LogP contribution in [0.5, 0.6) is 0 Å². The second-order valence-electron chi connectivity index (χ2n) is 5.86. The van der Waals surface area contributed by atoms with Gasteiger partial charge in [-0.15, -0.1) is 0 Å². The molecule has 0 radical (unpaired) electrons. The molecule has 0 aromatic carbocycles. The molecule has 0 atom stereocenters. The third kappa shape index (κ3) is 2.63. The van der Waals surface area contributed by atoms with Crippen LogP contribution in [0.4, 0.5) is 4.79 Å². The van der Waals surface area contributed by atoms with E-state index in [9.17, 15) is 4.79 Å². The normalized spacial score (nSPS) is 22.6. The highest BCUT2D eigenvalue weighted by Crippen LogP contribution is 2.35. The van der Waals surface area contributed by atoms with Gasteiger partial charge in [0.2, 0.25) is 0 Å². The Hall–Kier alpha value is -0.770. The van der Waals surface area contributed by atoms with Gasteiger partial charge in [-0.05, 0) is 38.5 Å². The third-order valence-electron chi connectivity index (χ3n) is 4.61. The fourth-order valence-electron chi connectivity index (χ4n) is 3.20. The minimum Gasteiger partial charge on any atom is -0.335 e. The Bertz CT molecular complexity index is 283. The van der Waals surface area contributed by atoms with Gasteiger partial charge in [-0.3, -0.25) is 0 Å². The van der Waals surface area contributed by atoms with Crippen molar-refractivity contribution in [2.75, 3.05) is 13.1 Å².